The summed E-state index contributed by atoms with van der Waals surface area (Å²) in [5.74, 6) is 0.440. The molecule has 1 aromatic carbocycles. The second-order valence-electron chi connectivity index (χ2n) is 4.66. The van der Waals surface area contributed by atoms with E-state index >= 15 is 0 Å². The van der Waals surface area contributed by atoms with Crippen molar-refractivity contribution in [3.63, 3.8) is 0 Å². The fourth-order valence-corrected chi connectivity index (χ4v) is 1.83. The van der Waals surface area contributed by atoms with E-state index in [9.17, 15) is 9.59 Å². The summed E-state index contributed by atoms with van der Waals surface area (Å²) in [5, 5.41) is 2.71. The minimum Gasteiger partial charge on any atom is -0.494 e. The molecule has 0 bridgehead atoms. The van der Waals surface area contributed by atoms with Gasteiger partial charge in [-0.25, -0.2) is 0 Å². The Hall–Kier alpha value is -2.56. The quantitative estimate of drug-likeness (QED) is 0.796. The SMILES string of the molecule is Cc1cc(=O)c(C(=O)NCCCOc2ccccc2)c[nH]1. The van der Waals surface area contributed by atoms with Crippen LogP contribution in [0.2, 0.25) is 0 Å². The van der Waals surface area contributed by atoms with Crippen molar-refractivity contribution in [3.05, 3.63) is 64.1 Å². The number of ether oxygens (including phenoxy) is 1. The van der Waals surface area contributed by atoms with Crippen LogP contribution < -0.4 is 15.5 Å². The average molecular weight is 286 g/mol. The third-order valence-corrected chi connectivity index (χ3v) is 2.92. The van der Waals surface area contributed by atoms with Crippen LogP contribution in [-0.2, 0) is 0 Å². The third kappa shape index (κ3) is 4.49. The Balaban J connectivity index is 1.73. The minimum absolute atomic E-state index is 0.129. The van der Waals surface area contributed by atoms with Crippen molar-refractivity contribution in [3.8, 4) is 5.75 Å². The largest absolute Gasteiger partial charge is 0.494 e. The highest BCUT2D eigenvalue weighted by atomic mass is 16.5. The lowest BCUT2D eigenvalue weighted by Gasteiger charge is -2.07. The number of para-hydroxylation sites is 1. The van der Waals surface area contributed by atoms with E-state index in [-0.39, 0.29) is 16.9 Å². The molecule has 0 saturated carbocycles. The molecule has 5 heteroatoms. The lowest BCUT2D eigenvalue weighted by atomic mass is 10.2. The zero-order chi connectivity index (χ0) is 15.1. The van der Waals surface area contributed by atoms with E-state index < -0.39 is 0 Å². The van der Waals surface area contributed by atoms with Crippen molar-refractivity contribution in [2.45, 2.75) is 13.3 Å². The van der Waals surface area contributed by atoms with E-state index in [0.717, 1.165) is 11.4 Å². The Morgan fingerprint density at radius 1 is 1.29 bits per heavy atom. The van der Waals surface area contributed by atoms with Gasteiger partial charge in [0.1, 0.15) is 11.3 Å². The zero-order valence-corrected chi connectivity index (χ0v) is 11.9. The van der Waals surface area contributed by atoms with Gasteiger partial charge in [-0.2, -0.15) is 0 Å². The molecule has 0 aliphatic carbocycles. The predicted molar refractivity (Wildman–Crippen MR) is 80.7 cm³/mol. The Labute approximate surface area is 123 Å². The molecule has 21 heavy (non-hydrogen) atoms. The molecule has 2 rings (SSSR count). The van der Waals surface area contributed by atoms with Gasteiger partial charge in [-0.1, -0.05) is 18.2 Å². The summed E-state index contributed by atoms with van der Waals surface area (Å²) >= 11 is 0. The lowest BCUT2D eigenvalue weighted by molar-refractivity contribution is 0.0950. The highest BCUT2D eigenvalue weighted by Crippen LogP contribution is 2.08. The number of aromatic amines is 1. The molecule has 0 atom stereocenters. The van der Waals surface area contributed by atoms with E-state index in [2.05, 4.69) is 10.3 Å². The first kappa shape index (κ1) is 14.8. The summed E-state index contributed by atoms with van der Waals surface area (Å²) in [4.78, 5) is 26.3. The van der Waals surface area contributed by atoms with Gasteiger partial charge in [0.2, 0.25) is 0 Å². The molecule has 0 unspecified atom stereocenters. The van der Waals surface area contributed by atoms with Gasteiger partial charge >= 0.3 is 0 Å². The number of benzene rings is 1. The summed E-state index contributed by atoms with van der Waals surface area (Å²) in [6, 6.07) is 10.9. The van der Waals surface area contributed by atoms with Gasteiger partial charge in [-0.3, -0.25) is 9.59 Å². The number of H-pyrrole nitrogens is 1. The molecule has 5 nitrogen and oxygen atoms in total. The van der Waals surface area contributed by atoms with E-state index in [1.165, 1.54) is 12.3 Å². The average Bonchev–Trinajstić information content (AvgIpc) is 2.47. The normalized spacial score (nSPS) is 10.1. The lowest BCUT2D eigenvalue weighted by Crippen LogP contribution is -2.30. The number of hydrogen-bond acceptors (Lipinski definition) is 3. The topological polar surface area (TPSA) is 71.2 Å². The van der Waals surface area contributed by atoms with Crippen molar-refractivity contribution >= 4 is 5.91 Å². The van der Waals surface area contributed by atoms with Gasteiger partial charge in [0, 0.05) is 24.5 Å². The number of pyridine rings is 1. The molecule has 1 aromatic heterocycles. The van der Waals surface area contributed by atoms with Crippen LogP contribution in [0.5, 0.6) is 5.75 Å². The number of hydrogen-bond donors (Lipinski definition) is 2. The minimum atomic E-state index is -0.365. The fraction of sp³-hybridized carbons (Fsp3) is 0.250. The van der Waals surface area contributed by atoms with Crippen LogP contribution in [0.25, 0.3) is 0 Å². The van der Waals surface area contributed by atoms with Gasteiger partial charge in [0.25, 0.3) is 5.91 Å². The molecule has 0 radical (unpaired) electrons. The van der Waals surface area contributed by atoms with Crippen molar-refractivity contribution in [2.24, 2.45) is 0 Å². The second-order valence-corrected chi connectivity index (χ2v) is 4.66. The summed E-state index contributed by atoms with van der Waals surface area (Å²) in [6.45, 7) is 2.73. The first-order chi connectivity index (χ1) is 10.2. The Morgan fingerprint density at radius 3 is 2.76 bits per heavy atom. The molecule has 0 aliphatic rings. The summed E-state index contributed by atoms with van der Waals surface area (Å²) in [7, 11) is 0. The van der Waals surface area contributed by atoms with Crippen molar-refractivity contribution < 1.29 is 9.53 Å². The molecule has 0 spiro atoms. The predicted octanol–water partition coefficient (Wildman–Crippen LogP) is 1.88. The maximum atomic E-state index is 11.8. The zero-order valence-electron chi connectivity index (χ0n) is 11.9. The van der Waals surface area contributed by atoms with Crippen LogP contribution in [-0.4, -0.2) is 24.0 Å². The maximum Gasteiger partial charge on any atom is 0.256 e. The van der Waals surface area contributed by atoms with Crippen molar-refractivity contribution in [1.82, 2.24) is 10.3 Å². The molecule has 1 heterocycles. The van der Waals surface area contributed by atoms with Crippen LogP contribution in [0.1, 0.15) is 22.5 Å². The third-order valence-electron chi connectivity index (χ3n) is 2.92. The first-order valence-electron chi connectivity index (χ1n) is 6.82. The van der Waals surface area contributed by atoms with Crippen LogP contribution in [0.15, 0.2) is 47.4 Å². The Bertz CT molecular complexity index is 650. The molecule has 2 N–H and O–H groups in total. The van der Waals surface area contributed by atoms with Gasteiger partial charge in [-0.05, 0) is 25.5 Å². The molecule has 1 amide bonds. The molecule has 2 aromatic rings. The van der Waals surface area contributed by atoms with E-state index in [1.54, 1.807) is 6.92 Å². The maximum absolute atomic E-state index is 11.8. The van der Waals surface area contributed by atoms with Crippen LogP contribution in [0, 0.1) is 6.92 Å². The van der Waals surface area contributed by atoms with Crippen molar-refractivity contribution in [2.75, 3.05) is 13.2 Å². The summed E-state index contributed by atoms with van der Waals surface area (Å²) < 4.78 is 5.51. The second kappa shape index (κ2) is 7.28. The van der Waals surface area contributed by atoms with Gasteiger partial charge in [-0.15, -0.1) is 0 Å². The number of carbonyl (C=O) groups excluding carboxylic acids is 1. The number of aryl methyl sites for hydroxylation is 1. The van der Waals surface area contributed by atoms with Crippen LogP contribution >= 0.6 is 0 Å². The van der Waals surface area contributed by atoms with Crippen LogP contribution in [0.4, 0.5) is 0 Å². The van der Waals surface area contributed by atoms with E-state index in [4.69, 9.17) is 4.74 Å². The summed E-state index contributed by atoms with van der Waals surface area (Å²) in [6.07, 6.45) is 2.11. The standard InChI is InChI=1S/C16H18N2O3/c1-12-10-15(19)14(11-18-12)16(20)17-8-5-9-21-13-6-3-2-4-7-13/h2-4,6-7,10-11H,5,8-9H2,1H3,(H,17,20)(H,18,19). The highest BCUT2D eigenvalue weighted by molar-refractivity contribution is 5.93. The molecule has 0 aliphatic heterocycles. The first-order valence-corrected chi connectivity index (χ1v) is 6.82. The number of rotatable bonds is 6. The molecule has 0 saturated heterocycles. The highest BCUT2D eigenvalue weighted by Gasteiger charge is 2.09. The van der Waals surface area contributed by atoms with Gasteiger partial charge in [0.15, 0.2) is 5.43 Å². The van der Waals surface area contributed by atoms with Crippen molar-refractivity contribution in [1.29, 1.82) is 0 Å². The Morgan fingerprint density at radius 2 is 2.05 bits per heavy atom. The molecular weight excluding hydrogens is 268 g/mol. The molecule has 0 fully saturated rings. The molecular formula is C16H18N2O3. The smallest absolute Gasteiger partial charge is 0.256 e. The number of carbonyl (C=O) groups is 1. The number of amides is 1. The molecule has 110 valence electrons. The van der Waals surface area contributed by atoms with Crippen LogP contribution in [0.3, 0.4) is 0 Å². The van der Waals surface area contributed by atoms with Gasteiger partial charge in [0.05, 0.1) is 6.61 Å². The Kier molecular flexibility index (Phi) is 5.15. The number of nitrogens with one attached hydrogen (secondary N) is 2. The van der Waals surface area contributed by atoms with E-state index in [0.29, 0.717) is 19.6 Å². The monoisotopic (exact) mass is 286 g/mol. The van der Waals surface area contributed by atoms with E-state index in [1.807, 2.05) is 30.3 Å². The number of aromatic nitrogens is 1. The van der Waals surface area contributed by atoms with Gasteiger partial charge < -0.3 is 15.0 Å². The fourth-order valence-electron chi connectivity index (χ4n) is 1.83. The summed E-state index contributed by atoms with van der Waals surface area (Å²) in [5.41, 5.74) is 0.585.